The summed E-state index contributed by atoms with van der Waals surface area (Å²) in [6.45, 7) is 2.05. The maximum absolute atomic E-state index is 11.5. The SMILES string of the molecule is CCCCS(=O)CC(=O)c1cccs1. The van der Waals surface area contributed by atoms with Crippen LogP contribution in [-0.4, -0.2) is 21.5 Å². The Morgan fingerprint density at radius 1 is 1.57 bits per heavy atom. The predicted molar refractivity (Wildman–Crippen MR) is 61.4 cm³/mol. The van der Waals surface area contributed by atoms with Gasteiger partial charge in [0.25, 0.3) is 0 Å². The van der Waals surface area contributed by atoms with E-state index in [1.54, 1.807) is 6.07 Å². The molecule has 78 valence electrons. The van der Waals surface area contributed by atoms with Gasteiger partial charge in [0.1, 0.15) is 0 Å². The molecular formula is C10H14O2S2. The van der Waals surface area contributed by atoms with E-state index < -0.39 is 10.8 Å². The second kappa shape index (κ2) is 6.09. The van der Waals surface area contributed by atoms with E-state index in [9.17, 15) is 9.00 Å². The van der Waals surface area contributed by atoms with Gasteiger partial charge >= 0.3 is 0 Å². The molecule has 0 amide bonds. The van der Waals surface area contributed by atoms with Crippen molar-refractivity contribution in [3.63, 3.8) is 0 Å². The number of rotatable bonds is 6. The van der Waals surface area contributed by atoms with Gasteiger partial charge in [-0.25, -0.2) is 0 Å². The molecule has 0 saturated heterocycles. The summed E-state index contributed by atoms with van der Waals surface area (Å²) in [6.07, 6.45) is 1.96. The number of unbranched alkanes of at least 4 members (excludes halogenated alkanes) is 1. The Labute approximate surface area is 90.8 Å². The minimum atomic E-state index is -0.977. The van der Waals surface area contributed by atoms with Crippen LogP contribution in [0.3, 0.4) is 0 Å². The van der Waals surface area contributed by atoms with Gasteiger partial charge in [-0.3, -0.25) is 9.00 Å². The highest BCUT2D eigenvalue weighted by atomic mass is 32.2. The predicted octanol–water partition coefficient (Wildman–Crippen LogP) is 2.48. The van der Waals surface area contributed by atoms with Crippen LogP contribution in [0.15, 0.2) is 17.5 Å². The first-order valence-electron chi connectivity index (χ1n) is 4.65. The topological polar surface area (TPSA) is 34.1 Å². The molecule has 4 heteroatoms. The lowest BCUT2D eigenvalue weighted by molar-refractivity contribution is 0.102. The summed E-state index contributed by atoms with van der Waals surface area (Å²) in [4.78, 5) is 12.2. The zero-order valence-corrected chi connectivity index (χ0v) is 9.83. The Hall–Kier alpha value is -0.480. The fourth-order valence-electron chi connectivity index (χ4n) is 1.03. The van der Waals surface area contributed by atoms with Crippen LogP contribution < -0.4 is 0 Å². The third-order valence-electron chi connectivity index (χ3n) is 1.81. The first-order valence-corrected chi connectivity index (χ1v) is 7.02. The highest BCUT2D eigenvalue weighted by Crippen LogP contribution is 2.10. The Balaban J connectivity index is 2.38. The summed E-state index contributed by atoms with van der Waals surface area (Å²) in [6, 6.07) is 3.62. The summed E-state index contributed by atoms with van der Waals surface area (Å²) in [5, 5.41) is 1.86. The molecule has 0 aliphatic rings. The second-order valence-corrected chi connectivity index (χ2v) is 5.57. The van der Waals surface area contributed by atoms with E-state index in [0.29, 0.717) is 5.75 Å². The summed E-state index contributed by atoms with van der Waals surface area (Å²) in [5.41, 5.74) is 0. The molecule has 0 fully saturated rings. The van der Waals surface area contributed by atoms with E-state index in [0.717, 1.165) is 17.7 Å². The van der Waals surface area contributed by atoms with E-state index >= 15 is 0 Å². The summed E-state index contributed by atoms with van der Waals surface area (Å²) in [5.74, 6) is 0.836. The van der Waals surface area contributed by atoms with Gasteiger partial charge in [-0.15, -0.1) is 11.3 Å². The lowest BCUT2D eigenvalue weighted by Gasteiger charge is -1.98. The molecule has 0 aromatic carbocycles. The van der Waals surface area contributed by atoms with Crippen molar-refractivity contribution in [1.82, 2.24) is 0 Å². The van der Waals surface area contributed by atoms with Crippen molar-refractivity contribution < 1.29 is 9.00 Å². The van der Waals surface area contributed by atoms with E-state index in [1.165, 1.54) is 11.3 Å². The second-order valence-electron chi connectivity index (χ2n) is 3.04. The maximum Gasteiger partial charge on any atom is 0.185 e. The molecule has 0 aliphatic heterocycles. The van der Waals surface area contributed by atoms with Crippen LogP contribution in [0.5, 0.6) is 0 Å². The number of ketones is 1. The number of Topliss-reactive ketones (excluding diaryl/α,β-unsaturated/α-hetero) is 1. The fraction of sp³-hybridized carbons (Fsp3) is 0.500. The molecule has 1 aromatic heterocycles. The smallest absolute Gasteiger partial charge is 0.185 e. The van der Waals surface area contributed by atoms with Crippen LogP contribution in [0.1, 0.15) is 29.4 Å². The highest BCUT2D eigenvalue weighted by molar-refractivity contribution is 7.85. The minimum absolute atomic E-state index is 0.00874. The van der Waals surface area contributed by atoms with Gasteiger partial charge in [0.05, 0.1) is 10.6 Å². The van der Waals surface area contributed by atoms with E-state index in [4.69, 9.17) is 0 Å². The normalized spacial score (nSPS) is 12.6. The van der Waals surface area contributed by atoms with Gasteiger partial charge in [0, 0.05) is 16.6 Å². The average molecular weight is 230 g/mol. The first-order chi connectivity index (χ1) is 6.74. The van der Waals surface area contributed by atoms with E-state index in [1.807, 2.05) is 11.4 Å². The molecule has 1 rings (SSSR count). The average Bonchev–Trinajstić information content (AvgIpc) is 2.67. The molecule has 1 unspecified atom stereocenters. The molecule has 1 atom stereocenters. The van der Waals surface area contributed by atoms with Gasteiger partial charge in [-0.1, -0.05) is 19.4 Å². The van der Waals surface area contributed by atoms with Gasteiger partial charge in [-0.05, 0) is 17.9 Å². The minimum Gasteiger partial charge on any atom is -0.292 e. The Morgan fingerprint density at radius 3 is 2.93 bits per heavy atom. The molecule has 0 radical (unpaired) electrons. The van der Waals surface area contributed by atoms with Crippen LogP contribution in [-0.2, 0) is 10.8 Å². The fourth-order valence-corrected chi connectivity index (χ4v) is 2.99. The number of carbonyl (C=O) groups is 1. The number of thiophene rings is 1. The lowest BCUT2D eigenvalue weighted by atomic mass is 10.4. The maximum atomic E-state index is 11.5. The summed E-state index contributed by atoms with van der Waals surface area (Å²) >= 11 is 1.41. The number of hydrogen-bond donors (Lipinski definition) is 0. The largest absolute Gasteiger partial charge is 0.292 e. The van der Waals surface area contributed by atoms with Crippen molar-refractivity contribution in [2.24, 2.45) is 0 Å². The van der Waals surface area contributed by atoms with Crippen LogP contribution in [0.4, 0.5) is 0 Å². The lowest BCUT2D eigenvalue weighted by Crippen LogP contribution is -2.12. The Bertz CT molecular complexity index is 304. The standard InChI is InChI=1S/C10H14O2S2/c1-2-3-7-14(12)8-9(11)10-5-4-6-13-10/h4-6H,2-3,7-8H2,1H3. The zero-order chi connectivity index (χ0) is 10.4. The van der Waals surface area contributed by atoms with Gasteiger partial charge in [0.2, 0.25) is 0 Å². The van der Waals surface area contributed by atoms with Crippen molar-refractivity contribution in [3.8, 4) is 0 Å². The number of hydrogen-bond acceptors (Lipinski definition) is 3. The zero-order valence-electron chi connectivity index (χ0n) is 8.19. The van der Waals surface area contributed by atoms with Gasteiger partial charge in [0.15, 0.2) is 5.78 Å². The number of carbonyl (C=O) groups excluding carboxylic acids is 1. The molecule has 0 spiro atoms. The molecule has 0 N–H and O–H groups in total. The van der Waals surface area contributed by atoms with Crippen LogP contribution in [0, 0.1) is 0 Å². The molecule has 0 bridgehead atoms. The van der Waals surface area contributed by atoms with Crippen molar-refractivity contribution in [2.75, 3.05) is 11.5 Å². The van der Waals surface area contributed by atoms with Gasteiger partial charge < -0.3 is 0 Å². The third kappa shape index (κ3) is 3.72. The Morgan fingerprint density at radius 2 is 2.36 bits per heavy atom. The van der Waals surface area contributed by atoms with Crippen molar-refractivity contribution in [2.45, 2.75) is 19.8 Å². The van der Waals surface area contributed by atoms with Crippen LogP contribution >= 0.6 is 11.3 Å². The quantitative estimate of drug-likeness (QED) is 0.704. The van der Waals surface area contributed by atoms with E-state index in [2.05, 4.69) is 6.92 Å². The van der Waals surface area contributed by atoms with Crippen LogP contribution in [0.25, 0.3) is 0 Å². The van der Waals surface area contributed by atoms with Crippen molar-refractivity contribution >= 4 is 27.9 Å². The van der Waals surface area contributed by atoms with Crippen molar-refractivity contribution in [3.05, 3.63) is 22.4 Å². The molecule has 2 nitrogen and oxygen atoms in total. The monoisotopic (exact) mass is 230 g/mol. The van der Waals surface area contributed by atoms with Gasteiger partial charge in [-0.2, -0.15) is 0 Å². The summed E-state index contributed by atoms with van der Waals surface area (Å²) in [7, 11) is -0.977. The summed E-state index contributed by atoms with van der Waals surface area (Å²) < 4.78 is 11.4. The molecule has 1 heterocycles. The molecular weight excluding hydrogens is 216 g/mol. The third-order valence-corrected chi connectivity index (χ3v) is 4.05. The van der Waals surface area contributed by atoms with Crippen LogP contribution in [0.2, 0.25) is 0 Å². The molecule has 0 aliphatic carbocycles. The highest BCUT2D eigenvalue weighted by Gasteiger charge is 2.10. The van der Waals surface area contributed by atoms with Crippen molar-refractivity contribution in [1.29, 1.82) is 0 Å². The molecule has 14 heavy (non-hydrogen) atoms. The molecule has 0 saturated carbocycles. The Kier molecular flexibility index (Phi) is 5.04. The first kappa shape index (κ1) is 11.6. The molecule has 1 aromatic rings. The van der Waals surface area contributed by atoms with E-state index in [-0.39, 0.29) is 11.5 Å².